The molecular formula is C19H24N2O2. The van der Waals surface area contributed by atoms with Crippen LogP contribution >= 0.6 is 0 Å². The topological polar surface area (TPSA) is 54.9 Å². The van der Waals surface area contributed by atoms with Gasteiger partial charge < -0.3 is 4.98 Å². The molecule has 1 N–H and O–H groups in total. The molecule has 0 amide bonds. The molecule has 1 heterocycles. The second-order valence-electron chi connectivity index (χ2n) is 6.36. The molecule has 0 bridgehead atoms. The molecule has 0 unspecified atom stereocenters. The molecule has 23 heavy (non-hydrogen) atoms. The minimum atomic E-state index is -0.192. The second kappa shape index (κ2) is 7.44. The van der Waals surface area contributed by atoms with Gasteiger partial charge in [-0.05, 0) is 32.1 Å². The quantitative estimate of drug-likeness (QED) is 0.879. The van der Waals surface area contributed by atoms with Gasteiger partial charge in [-0.3, -0.25) is 9.36 Å². The van der Waals surface area contributed by atoms with Crippen molar-refractivity contribution in [2.45, 2.75) is 57.4 Å². The third-order valence-electron chi connectivity index (χ3n) is 4.78. The summed E-state index contributed by atoms with van der Waals surface area (Å²) in [6, 6.07) is 12.1. The van der Waals surface area contributed by atoms with Gasteiger partial charge in [0.15, 0.2) is 0 Å². The molecule has 1 saturated carbocycles. The second-order valence-corrected chi connectivity index (χ2v) is 6.36. The van der Waals surface area contributed by atoms with E-state index >= 15 is 0 Å². The molecular weight excluding hydrogens is 288 g/mol. The van der Waals surface area contributed by atoms with Gasteiger partial charge in [0, 0.05) is 17.3 Å². The summed E-state index contributed by atoms with van der Waals surface area (Å²) in [4.78, 5) is 27.2. The number of aryl methyl sites for hydroxylation is 1. The van der Waals surface area contributed by atoms with Crippen LogP contribution in [0.25, 0.3) is 0 Å². The van der Waals surface area contributed by atoms with E-state index in [1.54, 1.807) is 0 Å². The van der Waals surface area contributed by atoms with Crippen LogP contribution in [-0.2, 0) is 12.8 Å². The van der Waals surface area contributed by atoms with Gasteiger partial charge in [-0.2, -0.15) is 0 Å². The third kappa shape index (κ3) is 3.63. The van der Waals surface area contributed by atoms with Crippen LogP contribution in [0.1, 0.15) is 55.8 Å². The highest BCUT2D eigenvalue weighted by Crippen LogP contribution is 2.26. The molecule has 2 aliphatic rings. The van der Waals surface area contributed by atoms with E-state index < -0.39 is 0 Å². The normalized spacial score (nSPS) is 17.2. The standard InChI is InChI=1S/C13H18N2O2.C6H6/c16-12-10-7-4-8-11(10)14-13(17)15(12)9-5-2-1-3-6-9;1-2-4-6-5-3-1/h9H,1-8H2,(H,14,17);1-6H. The lowest BCUT2D eigenvalue weighted by Gasteiger charge is -2.23. The fraction of sp³-hybridized carbons (Fsp3) is 0.474. The summed E-state index contributed by atoms with van der Waals surface area (Å²) in [5.41, 5.74) is 1.53. The van der Waals surface area contributed by atoms with Crippen LogP contribution in [0.15, 0.2) is 46.0 Å². The predicted molar refractivity (Wildman–Crippen MR) is 91.9 cm³/mol. The Kier molecular flexibility index (Phi) is 5.11. The number of nitrogens with one attached hydrogen (secondary N) is 1. The molecule has 1 fully saturated rings. The Bertz CT molecular complexity index is 713. The number of nitrogens with zero attached hydrogens (tertiary/aromatic N) is 1. The smallest absolute Gasteiger partial charge is 0.311 e. The van der Waals surface area contributed by atoms with Crippen molar-refractivity contribution in [3.05, 3.63) is 68.5 Å². The van der Waals surface area contributed by atoms with E-state index in [0.29, 0.717) is 0 Å². The van der Waals surface area contributed by atoms with Crippen molar-refractivity contribution in [3.8, 4) is 0 Å². The highest BCUT2D eigenvalue weighted by Gasteiger charge is 2.23. The lowest BCUT2D eigenvalue weighted by molar-refractivity contribution is 0.335. The van der Waals surface area contributed by atoms with Crippen molar-refractivity contribution >= 4 is 0 Å². The molecule has 0 spiro atoms. The van der Waals surface area contributed by atoms with E-state index in [1.165, 1.54) is 11.0 Å². The molecule has 4 rings (SSSR count). The van der Waals surface area contributed by atoms with Gasteiger partial charge >= 0.3 is 5.69 Å². The van der Waals surface area contributed by atoms with E-state index in [1.807, 2.05) is 36.4 Å². The van der Waals surface area contributed by atoms with Gasteiger partial charge in [0.1, 0.15) is 0 Å². The third-order valence-corrected chi connectivity index (χ3v) is 4.78. The van der Waals surface area contributed by atoms with Crippen molar-refractivity contribution < 1.29 is 0 Å². The lowest BCUT2D eigenvalue weighted by Crippen LogP contribution is -2.40. The molecule has 1 aromatic heterocycles. The number of fused-ring (bicyclic) bond motifs is 1. The van der Waals surface area contributed by atoms with Crippen LogP contribution < -0.4 is 11.2 Å². The van der Waals surface area contributed by atoms with Gasteiger partial charge in [0.2, 0.25) is 0 Å². The number of H-pyrrole nitrogens is 1. The van der Waals surface area contributed by atoms with Gasteiger partial charge in [-0.15, -0.1) is 0 Å². The number of hydrogen-bond acceptors (Lipinski definition) is 2. The largest absolute Gasteiger partial charge is 0.328 e. The van der Waals surface area contributed by atoms with Crippen LogP contribution in [0.4, 0.5) is 0 Å². The zero-order valence-electron chi connectivity index (χ0n) is 13.5. The molecule has 0 atom stereocenters. The minimum absolute atomic E-state index is 0.0202. The lowest BCUT2D eigenvalue weighted by atomic mass is 9.95. The first-order valence-corrected chi connectivity index (χ1v) is 8.64. The van der Waals surface area contributed by atoms with Crippen LogP contribution in [0.5, 0.6) is 0 Å². The summed E-state index contributed by atoms with van der Waals surface area (Å²) in [5.74, 6) is 0. The summed E-state index contributed by atoms with van der Waals surface area (Å²) in [7, 11) is 0. The highest BCUT2D eigenvalue weighted by molar-refractivity contribution is 5.22. The van der Waals surface area contributed by atoms with Crippen molar-refractivity contribution in [2.75, 3.05) is 0 Å². The zero-order valence-corrected chi connectivity index (χ0v) is 13.5. The monoisotopic (exact) mass is 312 g/mol. The average Bonchev–Trinajstić information content (AvgIpc) is 3.07. The molecule has 2 aliphatic carbocycles. The molecule has 0 aliphatic heterocycles. The Morgan fingerprint density at radius 3 is 2.04 bits per heavy atom. The van der Waals surface area contributed by atoms with E-state index in [2.05, 4.69) is 4.98 Å². The van der Waals surface area contributed by atoms with Crippen molar-refractivity contribution in [1.82, 2.24) is 9.55 Å². The van der Waals surface area contributed by atoms with Crippen molar-refractivity contribution in [2.24, 2.45) is 0 Å². The van der Waals surface area contributed by atoms with Crippen LogP contribution in [0, 0.1) is 0 Å². The summed E-state index contributed by atoms with van der Waals surface area (Å²) >= 11 is 0. The van der Waals surface area contributed by atoms with E-state index in [9.17, 15) is 9.59 Å². The maximum absolute atomic E-state index is 12.3. The van der Waals surface area contributed by atoms with Gasteiger partial charge in [-0.25, -0.2) is 4.79 Å². The zero-order chi connectivity index (χ0) is 16.1. The first-order valence-electron chi connectivity index (χ1n) is 8.64. The number of benzene rings is 1. The Balaban J connectivity index is 0.000000220. The van der Waals surface area contributed by atoms with Gasteiger partial charge in [0.05, 0.1) is 0 Å². The molecule has 2 aromatic rings. The van der Waals surface area contributed by atoms with Crippen LogP contribution in [-0.4, -0.2) is 9.55 Å². The molecule has 4 nitrogen and oxygen atoms in total. The van der Waals surface area contributed by atoms with Gasteiger partial charge in [-0.1, -0.05) is 55.7 Å². The predicted octanol–water partition coefficient (Wildman–Crippen LogP) is 3.22. The first-order chi connectivity index (χ1) is 11.3. The van der Waals surface area contributed by atoms with Crippen LogP contribution in [0.2, 0.25) is 0 Å². The summed E-state index contributed by atoms with van der Waals surface area (Å²) in [6.07, 6.45) is 8.12. The summed E-state index contributed by atoms with van der Waals surface area (Å²) < 4.78 is 1.49. The van der Waals surface area contributed by atoms with Crippen molar-refractivity contribution in [3.63, 3.8) is 0 Å². The Labute approximate surface area is 136 Å². The maximum Gasteiger partial charge on any atom is 0.328 e. The fourth-order valence-electron chi connectivity index (χ4n) is 3.60. The Morgan fingerprint density at radius 1 is 0.826 bits per heavy atom. The number of hydrogen-bond donors (Lipinski definition) is 1. The molecule has 0 saturated heterocycles. The first kappa shape index (κ1) is 15.8. The van der Waals surface area contributed by atoms with Gasteiger partial charge in [0.25, 0.3) is 5.56 Å². The molecule has 1 aromatic carbocycles. The molecule has 0 radical (unpaired) electrons. The van der Waals surface area contributed by atoms with E-state index in [0.717, 1.165) is 56.2 Å². The number of aromatic amines is 1. The Morgan fingerprint density at radius 2 is 1.43 bits per heavy atom. The van der Waals surface area contributed by atoms with E-state index in [4.69, 9.17) is 0 Å². The highest BCUT2D eigenvalue weighted by atomic mass is 16.2. The average molecular weight is 312 g/mol. The van der Waals surface area contributed by atoms with E-state index in [-0.39, 0.29) is 17.3 Å². The van der Waals surface area contributed by atoms with Crippen molar-refractivity contribution in [1.29, 1.82) is 0 Å². The number of aromatic nitrogens is 2. The SMILES string of the molecule is O=c1[nH]c2c(c(=O)n1C1CCCCC1)CCC2.c1ccccc1. The number of rotatable bonds is 1. The summed E-state index contributed by atoms with van der Waals surface area (Å²) in [5, 5.41) is 0. The fourth-order valence-corrected chi connectivity index (χ4v) is 3.60. The maximum atomic E-state index is 12.3. The summed E-state index contributed by atoms with van der Waals surface area (Å²) in [6.45, 7) is 0. The Hall–Kier alpha value is -2.10. The minimum Gasteiger partial charge on any atom is -0.311 e. The van der Waals surface area contributed by atoms with Crippen LogP contribution in [0.3, 0.4) is 0 Å². The molecule has 122 valence electrons. The molecule has 4 heteroatoms.